The van der Waals surface area contributed by atoms with Crippen LogP contribution in [-0.4, -0.2) is 34.9 Å². The van der Waals surface area contributed by atoms with Gasteiger partial charge in [-0.15, -0.1) is 0 Å². The number of hydrogen-bond acceptors (Lipinski definition) is 3. The molecule has 31 heavy (non-hydrogen) atoms. The molecule has 0 bridgehead atoms. The zero-order valence-corrected chi connectivity index (χ0v) is 18.9. The third-order valence-electron chi connectivity index (χ3n) is 4.70. The molecule has 6 heteroatoms. The fourth-order valence-electron chi connectivity index (χ4n) is 3.23. The van der Waals surface area contributed by atoms with Crippen LogP contribution < -0.4 is 10.1 Å². The van der Waals surface area contributed by atoms with Crippen LogP contribution in [0.5, 0.6) is 5.75 Å². The lowest BCUT2D eigenvalue weighted by atomic mass is 10.0. The lowest BCUT2D eigenvalue weighted by Crippen LogP contribution is -2.53. The number of carbonyl (C=O) groups excluding carboxylic acids is 2. The maximum Gasteiger partial charge on any atom is 0.243 e. The summed E-state index contributed by atoms with van der Waals surface area (Å²) in [5.41, 5.74) is 0.371. The van der Waals surface area contributed by atoms with Gasteiger partial charge in [-0.3, -0.25) is 9.59 Å². The van der Waals surface area contributed by atoms with Gasteiger partial charge in [0.05, 0.1) is 6.61 Å². The molecule has 0 aromatic heterocycles. The molecule has 0 saturated heterocycles. The minimum atomic E-state index is -0.605. The summed E-state index contributed by atoms with van der Waals surface area (Å²) in [7, 11) is 0. The Hall–Kier alpha value is -2.89. The SMILES string of the molecule is CC[C@H](C(=O)NC(C)(C)C)N(Cc1ccc(F)cc1)C(=O)CCCOc1ccccc1. The zero-order valence-electron chi connectivity index (χ0n) is 18.9. The van der Waals surface area contributed by atoms with Crippen LogP contribution in [0.15, 0.2) is 54.6 Å². The van der Waals surface area contributed by atoms with Gasteiger partial charge in [0.1, 0.15) is 17.6 Å². The minimum Gasteiger partial charge on any atom is -0.494 e. The molecular formula is C25H33FN2O3. The first kappa shape index (κ1) is 24.4. The van der Waals surface area contributed by atoms with Crippen LogP contribution in [-0.2, 0) is 16.1 Å². The van der Waals surface area contributed by atoms with E-state index in [9.17, 15) is 14.0 Å². The van der Waals surface area contributed by atoms with Gasteiger partial charge in [-0.2, -0.15) is 0 Å². The summed E-state index contributed by atoms with van der Waals surface area (Å²) in [6.07, 6.45) is 1.27. The first-order chi connectivity index (χ1) is 14.7. The largest absolute Gasteiger partial charge is 0.494 e. The number of carbonyl (C=O) groups is 2. The predicted molar refractivity (Wildman–Crippen MR) is 120 cm³/mol. The van der Waals surface area contributed by atoms with E-state index in [4.69, 9.17) is 4.74 Å². The second kappa shape index (κ2) is 11.5. The number of benzene rings is 2. The van der Waals surface area contributed by atoms with Crippen molar-refractivity contribution in [2.24, 2.45) is 0 Å². The summed E-state index contributed by atoms with van der Waals surface area (Å²) >= 11 is 0. The second-order valence-electron chi connectivity index (χ2n) is 8.58. The third kappa shape index (κ3) is 8.40. The van der Waals surface area contributed by atoms with Crippen LogP contribution in [0.4, 0.5) is 4.39 Å². The molecule has 0 spiro atoms. The Morgan fingerprint density at radius 1 is 1.06 bits per heavy atom. The number of hydrogen-bond donors (Lipinski definition) is 1. The van der Waals surface area contributed by atoms with Crippen molar-refractivity contribution in [3.63, 3.8) is 0 Å². The molecule has 168 valence electrons. The van der Waals surface area contributed by atoms with Crippen molar-refractivity contribution < 1.29 is 18.7 Å². The molecule has 0 fully saturated rings. The predicted octanol–water partition coefficient (Wildman–Crippen LogP) is 4.71. The Kier molecular flexibility index (Phi) is 9.03. The van der Waals surface area contributed by atoms with Gasteiger partial charge in [-0.25, -0.2) is 4.39 Å². The van der Waals surface area contributed by atoms with Crippen molar-refractivity contribution in [3.8, 4) is 5.75 Å². The Labute approximate surface area is 184 Å². The molecule has 0 heterocycles. The molecule has 2 rings (SSSR count). The Bertz CT molecular complexity index is 832. The number of halogens is 1. The highest BCUT2D eigenvalue weighted by molar-refractivity contribution is 5.88. The summed E-state index contributed by atoms with van der Waals surface area (Å²) in [6.45, 7) is 8.26. The molecule has 2 amide bonds. The molecule has 1 atom stereocenters. The van der Waals surface area contributed by atoms with Gasteiger partial charge >= 0.3 is 0 Å². The van der Waals surface area contributed by atoms with Gasteiger partial charge in [0, 0.05) is 18.5 Å². The van der Waals surface area contributed by atoms with Crippen LogP contribution >= 0.6 is 0 Å². The molecule has 5 nitrogen and oxygen atoms in total. The van der Waals surface area contributed by atoms with Crippen LogP contribution in [0.2, 0.25) is 0 Å². The average Bonchev–Trinajstić information content (AvgIpc) is 2.72. The van der Waals surface area contributed by atoms with Gasteiger partial charge in [0.25, 0.3) is 0 Å². The standard InChI is InChI=1S/C25H33FN2O3/c1-5-22(24(30)27-25(2,3)4)28(18-19-13-15-20(26)16-14-19)23(29)12-9-17-31-21-10-7-6-8-11-21/h6-8,10-11,13-16,22H,5,9,12,17-18H2,1-4H3,(H,27,30)/t22-/m1/s1. The third-order valence-corrected chi connectivity index (χ3v) is 4.70. The van der Waals surface area contributed by atoms with Crippen molar-refractivity contribution in [2.75, 3.05) is 6.61 Å². The fraction of sp³-hybridized carbons (Fsp3) is 0.440. The Morgan fingerprint density at radius 2 is 1.71 bits per heavy atom. The summed E-state index contributed by atoms with van der Waals surface area (Å²) < 4.78 is 19.0. The molecule has 0 unspecified atom stereocenters. The molecule has 2 aromatic rings. The van der Waals surface area contributed by atoms with E-state index < -0.39 is 11.6 Å². The maximum absolute atomic E-state index is 13.3. The number of amides is 2. The Morgan fingerprint density at radius 3 is 2.29 bits per heavy atom. The van der Waals surface area contributed by atoms with E-state index in [1.54, 1.807) is 17.0 Å². The number of rotatable bonds is 10. The summed E-state index contributed by atoms with van der Waals surface area (Å²) in [4.78, 5) is 27.6. The lowest BCUT2D eigenvalue weighted by Gasteiger charge is -2.33. The maximum atomic E-state index is 13.3. The van der Waals surface area contributed by atoms with Gasteiger partial charge in [0.15, 0.2) is 0 Å². The molecule has 0 aliphatic carbocycles. The summed E-state index contributed by atoms with van der Waals surface area (Å²) in [6, 6.07) is 14.8. The molecule has 1 N–H and O–H groups in total. The van der Waals surface area contributed by atoms with Gasteiger partial charge in [-0.05, 0) is 63.4 Å². The smallest absolute Gasteiger partial charge is 0.243 e. The monoisotopic (exact) mass is 428 g/mol. The Balaban J connectivity index is 2.08. The van der Waals surface area contributed by atoms with Crippen molar-refractivity contribution in [1.29, 1.82) is 0 Å². The highest BCUT2D eigenvalue weighted by Gasteiger charge is 2.30. The van der Waals surface area contributed by atoms with E-state index in [1.165, 1.54) is 12.1 Å². The highest BCUT2D eigenvalue weighted by Crippen LogP contribution is 2.16. The van der Waals surface area contributed by atoms with E-state index in [-0.39, 0.29) is 30.6 Å². The van der Waals surface area contributed by atoms with Crippen LogP contribution in [0.3, 0.4) is 0 Å². The van der Waals surface area contributed by atoms with E-state index >= 15 is 0 Å². The van der Waals surface area contributed by atoms with Crippen molar-refractivity contribution in [3.05, 3.63) is 66.0 Å². The zero-order chi connectivity index (χ0) is 22.9. The number of ether oxygens (including phenoxy) is 1. The fourth-order valence-corrected chi connectivity index (χ4v) is 3.23. The average molecular weight is 429 g/mol. The van der Waals surface area contributed by atoms with E-state index in [1.807, 2.05) is 58.0 Å². The minimum absolute atomic E-state index is 0.128. The first-order valence-corrected chi connectivity index (χ1v) is 10.7. The summed E-state index contributed by atoms with van der Waals surface area (Å²) in [5, 5.41) is 2.97. The van der Waals surface area contributed by atoms with Crippen molar-refractivity contribution >= 4 is 11.8 Å². The molecule has 0 aliphatic heterocycles. The van der Waals surface area contributed by atoms with E-state index in [0.29, 0.717) is 19.4 Å². The first-order valence-electron chi connectivity index (χ1n) is 10.7. The topological polar surface area (TPSA) is 58.6 Å². The van der Waals surface area contributed by atoms with Crippen LogP contribution in [0.1, 0.15) is 52.5 Å². The number of nitrogens with zero attached hydrogens (tertiary/aromatic N) is 1. The number of para-hydroxylation sites is 1. The van der Waals surface area contributed by atoms with Crippen LogP contribution in [0.25, 0.3) is 0 Å². The van der Waals surface area contributed by atoms with Gasteiger partial charge in [0.2, 0.25) is 11.8 Å². The van der Waals surface area contributed by atoms with Crippen molar-refractivity contribution in [2.45, 2.75) is 65.1 Å². The van der Waals surface area contributed by atoms with Crippen molar-refractivity contribution in [1.82, 2.24) is 10.2 Å². The molecule has 0 saturated carbocycles. The molecule has 0 aliphatic rings. The quantitative estimate of drug-likeness (QED) is 0.558. The number of nitrogens with one attached hydrogen (secondary N) is 1. The lowest BCUT2D eigenvalue weighted by molar-refractivity contribution is -0.142. The van der Waals surface area contributed by atoms with Crippen LogP contribution in [0, 0.1) is 5.82 Å². The highest BCUT2D eigenvalue weighted by atomic mass is 19.1. The summed E-state index contributed by atoms with van der Waals surface area (Å²) in [5.74, 6) is 0.106. The second-order valence-corrected chi connectivity index (χ2v) is 8.58. The molecule has 2 aromatic carbocycles. The van der Waals surface area contributed by atoms with Gasteiger partial charge < -0.3 is 15.0 Å². The van der Waals surface area contributed by atoms with Gasteiger partial charge in [-0.1, -0.05) is 37.3 Å². The van der Waals surface area contributed by atoms with E-state index in [2.05, 4.69) is 5.32 Å². The van der Waals surface area contributed by atoms with E-state index in [0.717, 1.165) is 11.3 Å². The molecule has 0 radical (unpaired) electrons. The normalized spacial score (nSPS) is 12.2. The molecular weight excluding hydrogens is 395 g/mol.